The SMILES string of the molecule is Cn1c(=O)[nH]c(=O)c2c1nc1n2CC(c2ccc([N+](=O)[O-])cc2)=NN1. The fraction of sp³-hybridized carbons (Fsp3) is 0.143. The number of hydrogen-bond acceptors (Lipinski definition) is 7. The Morgan fingerprint density at radius 2 is 1.96 bits per heavy atom. The number of nitrogens with one attached hydrogen (secondary N) is 2. The molecule has 1 aliphatic rings. The van der Waals surface area contributed by atoms with Gasteiger partial charge in [-0.1, -0.05) is 0 Å². The van der Waals surface area contributed by atoms with Crippen molar-refractivity contribution in [2.45, 2.75) is 6.54 Å². The highest BCUT2D eigenvalue weighted by molar-refractivity contribution is 6.02. The van der Waals surface area contributed by atoms with Crippen LogP contribution in [-0.4, -0.2) is 29.7 Å². The first-order chi connectivity index (χ1) is 12.0. The van der Waals surface area contributed by atoms with Crippen LogP contribution in [0.5, 0.6) is 0 Å². The predicted octanol–water partition coefficient (Wildman–Crippen LogP) is 0.161. The molecule has 11 nitrogen and oxygen atoms in total. The number of nitro groups is 1. The molecular weight excluding hydrogens is 330 g/mol. The molecule has 0 atom stereocenters. The Balaban J connectivity index is 1.79. The van der Waals surface area contributed by atoms with Gasteiger partial charge in [-0.3, -0.25) is 29.0 Å². The van der Waals surface area contributed by atoms with Crippen LogP contribution in [0.1, 0.15) is 5.56 Å². The van der Waals surface area contributed by atoms with Crippen LogP contribution in [-0.2, 0) is 13.6 Å². The summed E-state index contributed by atoms with van der Waals surface area (Å²) < 4.78 is 2.85. The lowest BCUT2D eigenvalue weighted by Gasteiger charge is -2.16. The third kappa shape index (κ3) is 2.21. The van der Waals surface area contributed by atoms with Crippen LogP contribution in [0.2, 0.25) is 0 Å². The molecule has 25 heavy (non-hydrogen) atoms. The van der Waals surface area contributed by atoms with Gasteiger partial charge in [-0.15, -0.1) is 0 Å². The van der Waals surface area contributed by atoms with Crippen LogP contribution in [0.15, 0.2) is 39.0 Å². The highest BCUT2D eigenvalue weighted by atomic mass is 16.6. The molecular formula is C14H11N7O4. The number of H-pyrrole nitrogens is 1. The Morgan fingerprint density at radius 3 is 2.64 bits per heavy atom. The van der Waals surface area contributed by atoms with E-state index in [0.29, 0.717) is 17.2 Å². The van der Waals surface area contributed by atoms with Gasteiger partial charge in [0.25, 0.3) is 11.2 Å². The molecule has 1 aliphatic heterocycles. The van der Waals surface area contributed by atoms with E-state index in [4.69, 9.17) is 0 Å². The number of imidazole rings is 1. The maximum Gasteiger partial charge on any atom is 0.329 e. The van der Waals surface area contributed by atoms with E-state index < -0.39 is 16.2 Å². The van der Waals surface area contributed by atoms with Crippen molar-refractivity contribution in [3.05, 3.63) is 60.8 Å². The van der Waals surface area contributed by atoms with Crippen LogP contribution in [0.4, 0.5) is 11.6 Å². The second-order valence-corrected chi connectivity index (χ2v) is 5.49. The molecule has 3 aromatic rings. The van der Waals surface area contributed by atoms with Crippen molar-refractivity contribution in [1.82, 2.24) is 19.1 Å². The molecule has 11 heteroatoms. The van der Waals surface area contributed by atoms with E-state index in [0.717, 1.165) is 0 Å². The lowest BCUT2D eigenvalue weighted by molar-refractivity contribution is -0.384. The molecule has 2 N–H and O–H groups in total. The number of fused-ring (bicyclic) bond motifs is 3. The van der Waals surface area contributed by atoms with Crippen LogP contribution in [0, 0.1) is 10.1 Å². The number of hydrogen-bond donors (Lipinski definition) is 2. The Bertz CT molecular complexity index is 1170. The lowest BCUT2D eigenvalue weighted by atomic mass is 10.1. The van der Waals surface area contributed by atoms with E-state index in [1.165, 1.54) is 23.7 Å². The molecule has 0 amide bonds. The van der Waals surface area contributed by atoms with Gasteiger partial charge in [0.2, 0.25) is 5.95 Å². The molecule has 1 aromatic carbocycles. The average molecular weight is 341 g/mol. The summed E-state index contributed by atoms with van der Waals surface area (Å²) in [5, 5.41) is 15.0. The normalized spacial score (nSPS) is 13.2. The van der Waals surface area contributed by atoms with Crippen LogP contribution in [0.3, 0.4) is 0 Å². The molecule has 0 saturated carbocycles. The summed E-state index contributed by atoms with van der Waals surface area (Å²) in [4.78, 5) is 40.6. The number of nitro benzene ring substituents is 1. The van der Waals surface area contributed by atoms with Crippen molar-refractivity contribution >= 4 is 28.5 Å². The molecule has 0 bridgehead atoms. The van der Waals surface area contributed by atoms with Gasteiger partial charge in [0.15, 0.2) is 11.2 Å². The van der Waals surface area contributed by atoms with Gasteiger partial charge in [-0.05, 0) is 12.1 Å². The fourth-order valence-electron chi connectivity index (χ4n) is 2.71. The smallest absolute Gasteiger partial charge is 0.297 e. The Morgan fingerprint density at radius 1 is 1.24 bits per heavy atom. The highest BCUT2D eigenvalue weighted by Gasteiger charge is 2.22. The Labute approximate surface area is 138 Å². The maximum absolute atomic E-state index is 12.2. The summed E-state index contributed by atoms with van der Waals surface area (Å²) in [6.45, 7) is 0.234. The second kappa shape index (κ2) is 5.12. The number of non-ortho nitro benzene ring substituents is 1. The van der Waals surface area contributed by atoms with Crippen molar-refractivity contribution in [3.63, 3.8) is 0 Å². The van der Waals surface area contributed by atoms with Gasteiger partial charge in [-0.25, -0.2) is 10.2 Å². The van der Waals surface area contributed by atoms with E-state index in [2.05, 4.69) is 20.5 Å². The van der Waals surface area contributed by atoms with Crippen LogP contribution >= 0.6 is 0 Å². The molecule has 0 radical (unpaired) electrons. The second-order valence-electron chi connectivity index (χ2n) is 5.49. The van der Waals surface area contributed by atoms with Gasteiger partial charge in [0, 0.05) is 24.7 Å². The number of aryl methyl sites for hydroxylation is 1. The van der Waals surface area contributed by atoms with Gasteiger partial charge in [0.1, 0.15) is 0 Å². The van der Waals surface area contributed by atoms with Crippen molar-refractivity contribution in [2.24, 2.45) is 12.1 Å². The number of benzene rings is 1. The number of aromatic nitrogens is 4. The van der Waals surface area contributed by atoms with E-state index in [9.17, 15) is 19.7 Å². The van der Waals surface area contributed by atoms with Crippen molar-refractivity contribution in [2.75, 3.05) is 5.43 Å². The molecule has 0 fully saturated rings. The zero-order valence-electron chi connectivity index (χ0n) is 12.9. The average Bonchev–Trinajstić information content (AvgIpc) is 2.99. The number of anilines is 1. The van der Waals surface area contributed by atoms with Gasteiger partial charge in [0.05, 0.1) is 17.2 Å². The summed E-state index contributed by atoms with van der Waals surface area (Å²) in [5.41, 5.74) is 3.39. The largest absolute Gasteiger partial charge is 0.329 e. The third-order valence-electron chi connectivity index (χ3n) is 4.02. The first-order valence-electron chi connectivity index (χ1n) is 7.22. The first kappa shape index (κ1) is 14.8. The minimum atomic E-state index is -0.551. The summed E-state index contributed by atoms with van der Waals surface area (Å²) in [6.07, 6.45) is 0. The molecule has 0 aliphatic carbocycles. The number of hydrazone groups is 1. The van der Waals surface area contributed by atoms with E-state index >= 15 is 0 Å². The highest BCUT2D eigenvalue weighted by Crippen LogP contribution is 2.21. The quantitative estimate of drug-likeness (QED) is 0.502. The van der Waals surface area contributed by atoms with Crippen molar-refractivity contribution in [3.8, 4) is 0 Å². The fourth-order valence-corrected chi connectivity index (χ4v) is 2.71. The minimum absolute atomic E-state index is 0.0201. The van der Waals surface area contributed by atoms with Crippen LogP contribution in [0.25, 0.3) is 11.2 Å². The number of aromatic amines is 1. The van der Waals surface area contributed by atoms with E-state index in [1.54, 1.807) is 16.7 Å². The summed E-state index contributed by atoms with van der Waals surface area (Å²) in [6, 6.07) is 5.94. The van der Waals surface area contributed by atoms with Gasteiger partial charge >= 0.3 is 5.69 Å². The van der Waals surface area contributed by atoms with E-state index in [-0.39, 0.29) is 23.4 Å². The number of nitrogens with zero attached hydrogens (tertiary/aromatic N) is 5. The molecule has 0 unspecified atom stereocenters. The summed E-state index contributed by atoms with van der Waals surface area (Å²) in [5.74, 6) is 0.340. The van der Waals surface area contributed by atoms with Gasteiger partial charge < -0.3 is 0 Å². The van der Waals surface area contributed by atoms with E-state index in [1.807, 2.05) is 0 Å². The molecule has 126 valence electrons. The topological polar surface area (TPSA) is 140 Å². The third-order valence-corrected chi connectivity index (χ3v) is 4.02. The molecule has 2 aromatic heterocycles. The molecule has 3 heterocycles. The Hall–Kier alpha value is -3.76. The summed E-state index contributed by atoms with van der Waals surface area (Å²) >= 11 is 0. The zero-order chi connectivity index (χ0) is 17.7. The zero-order valence-corrected chi connectivity index (χ0v) is 12.9. The molecule has 0 saturated heterocycles. The summed E-state index contributed by atoms with van der Waals surface area (Å²) in [7, 11) is 1.51. The monoisotopic (exact) mass is 341 g/mol. The molecule has 4 rings (SSSR count). The Kier molecular flexibility index (Phi) is 3.03. The van der Waals surface area contributed by atoms with Crippen molar-refractivity contribution < 1.29 is 4.92 Å². The first-order valence-corrected chi connectivity index (χ1v) is 7.22. The van der Waals surface area contributed by atoms with Gasteiger partial charge in [-0.2, -0.15) is 10.1 Å². The van der Waals surface area contributed by atoms with Crippen molar-refractivity contribution in [1.29, 1.82) is 0 Å². The predicted molar refractivity (Wildman–Crippen MR) is 88.9 cm³/mol. The minimum Gasteiger partial charge on any atom is -0.297 e. The molecule has 0 spiro atoms. The standard InChI is InChI=1S/C14H11N7O4/c1-19-11-10(12(22)16-14(19)23)20-6-9(17-18-13(20)15-11)7-2-4-8(5-3-7)21(24)25/h2-5H,6H2,1H3,(H,15,18)(H,16,22,23). The van der Waals surface area contributed by atoms with Crippen LogP contribution < -0.4 is 16.7 Å². The lowest BCUT2D eigenvalue weighted by Crippen LogP contribution is -2.30. The number of rotatable bonds is 2. The maximum atomic E-state index is 12.2.